The van der Waals surface area contributed by atoms with E-state index < -0.39 is 0 Å². The second kappa shape index (κ2) is 7.02. The average molecular weight is 331 g/mol. The number of amides is 1. The van der Waals surface area contributed by atoms with Gasteiger partial charge in [-0.1, -0.05) is 17.7 Å². The number of carbonyl (C=O) groups is 1. The van der Waals surface area contributed by atoms with E-state index in [1.54, 1.807) is 6.07 Å². The van der Waals surface area contributed by atoms with E-state index in [9.17, 15) is 4.79 Å². The summed E-state index contributed by atoms with van der Waals surface area (Å²) in [6.45, 7) is 5.19. The molecule has 1 amide bonds. The van der Waals surface area contributed by atoms with Crippen molar-refractivity contribution >= 4 is 28.9 Å². The van der Waals surface area contributed by atoms with Gasteiger partial charge < -0.3 is 15.0 Å². The number of halogens is 1. The normalized spacial score (nSPS) is 14.6. The third-order valence-corrected chi connectivity index (χ3v) is 4.34. The summed E-state index contributed by atoms with van der Waals surface area (Å²) in [6, 6.07) is 13.1. The van der Waals surface area contributed by atoms with E-state index in [4.69, 9.17) is 16.3 Å². The Morgan fingerprint density at radius 2 is 1.83 bits per heavy atom. The van der Waals surface area contributed by atoms with E-state index in [1.165, 1.54) is 0 Å². The molecule has 0 atom stereocenters. The summed E-state index contributed by atoms with van der Waals surface area (Å²) in [6.07, 6.45) is 0. The smallest absolute Gasteiger partial charge is 0.255 e. The number of nitrogens with one attached hydrogen (secondary N) is 1. The minimum Gasteiger partial charge on any atom is -0.378 e. The Morgan fingerprint density at radius 1 is 1.13 bits per heavy atom. The van der Waals surface area contributed by atoms with Crippen LogP contribution in [-0.4, -0.2) is 32.2 Å². The molecule has 5 heteroatoms. The van der Waals surface area contributed by atoms with Gasteiger partial charge in [0.15, 0.2) is 0 Å². The number of morpholine rings is 1. The second-order valence-electron chi connectivity index (χ2n) is 5.56. The fraction of sp³-hybridized carbons (Fsp3) is 0.278. The zero-order valence-corrected chi connectivity index (χ0v) is 13.8. The summed E-state index contributed by atoms with van der Waals surface area (Å²) >= 11 is 6.08. The number of hydrogen-bond donors (Lipinski definition) is 1. The minimum atomic E-state index is -0.140. The molecule has 0 spiro atoms. The molecule has 23 heavy (non-hydrogen) atoms. The van der Waals surface area contributed by atoms with E-state index in [0.717, 1.165) is 37.6 Å². The highest BCUT2D eigenvalue weighted by molar-refractivity contribution is 6.31. The highest BCUT2D eigenvalue weighted by Crippen LogP contribution is 2.21. The van der Waals surface area contributed by atoms with Crippen LogP contribution in [-0.2, 0) is 4.74 Å². The zero-order chi connectivity index (χ0) is 16.2. The Labute approximate surface area is 141 Å². The highest BCUT2D eigenvalue weighted by atomic mass is 35.5. The fourth-order valence-electron chi connectivity index (χ4n) is 2.52. The second-order valence-corrected chi connectivity index (χ2v) is 5.97. The number of rotatable bonds is 3. The summed E-state index contributed by atoms with van der Waals surface area (Å²) in [5.74, 6) is -0.140. The summed E-state index contributed by atoms with van der Waals surface area (Å²) in [4.78, 5) is 14.6. The molecule has 0 radical (unpaired) electrons. The van der Waals surface area contributed by atoms with Gasteiger partial charge in [0.05, 0.1) is 13.2 Å². The van der Waals surface area contributed by atoms with Gasteiger partial charge in [-0.3, -0.25) is 4.79 Å². The van der Waals surface area contributed by atoms with Crippen LogP contribution >= 0.6 is 11.6 Å². The molecule has 2 aromatic rings. The van der Waals surface area contributed by atoms with Gasteiger partial charge in [-0.05, 0) is 48.9 Å². The van der Waals surface area contributed by atoms with Crippen LogP contribution in [0.25, 0.3) is 0 Å². The topological polar surface area (TPSA) is 41.6 Å². The number of nitrogens with zero attached hydrogens (tertiary/aromatic N) is 1. The Hall–Kier alpha value is -2.04. The van der Waals surface area contributed by atoms with E-state index >= 15 is 0 Å². The lowest BCUT2D eigenvalue weighted by Gasteiger charge is -2.28. The quantitative estimate of drug-likeness (QED) is 0.932. The zero-order valence-electron chi connectivity index (χ0n) is 13.0. The molecule has 0 saturated carbocycles. The molecule has 1 aliphatic rings. The van der Waals surface area contributed by atoms with Crippen LogP contribution in [0.4, 0.5) is 11.4 Å². The minimum absolute atomic E-state index is 0.140. The van der Waals surface area contributed by atoms with Crippen molar-refractivity contribution in [2.24, 2.45) is 0 Å². The molecular weight excluding hydrogens is 312 g/mol. The van der Waals surface area contributed by atoms with Crippen molar-refractivity contribution in [2.75, 3.05) is 36.5 Å². The number of ether oxygens (including phenoxy) is 1. The van der Waals surface area contributed by atoms with Crippen molar-refractivity contribution in [3.8, 4) is 0 Å². The van der Waals surface area contributed by atoms with Crippen LogP contribution in [0.1, 0.15) is 15.9 Å². The maximum atomic E-state index is 12.3. The van der Waals surface area contributed by atoms with Crippen molar-refractivity contribution in [2.45, 2.75) is 6.92 Å². The van der Waals surface area contributed by atoms with Gasteiger partial charge in [0.25, 0.3) is 5.91 Å². The van der Waals surface area contributed by atoms with Crippen molar-refractivity contribution in [1.82, 2.24) is 0 Å². The van der Waals surface area contributed by atoms with Gasteiger partial charge in [0.2, 0.25) is 0 Å². The van der Waals surface area contributed by atoms with E-state index in [0.29, 0.717) is 16.3 Å². The van der Waals surface area contributed by atoms with Crippen LogP contribution < -0.4 is 10.2 Å². The molecule has 0 unspecified atom stereocenters. The van der Waals surface area contributed by atoms with E-state index in [-0.39, 0.29) is 5.91 Å². The van der Waals surface area contributed by atoms with Gasteiger partial charge in [-0.25, -0.2) is 0 Å². The van der Waals surface area contributed by atoms with Crippen LogP contribution in [0.5, 0.6) is 0 Å². The summed E-state index contributed by atoms with van der Waals surface area (Å²) < 4.78 is 5.35. The summed E-state index contributed by atoms with van der Waals surface area (Å²) in [7, 11) is 0. The molecule has 1 N–H and O–H groups in total. The van der Waals surface area contributed by atoms with E-state index in [1.807, 2.05) is 43.3 Å². The molecule has 3 rings (SSSR count). The molecule has 0 aromatic heterocycles. The molecule has 1 fully saturated rings. The van der Waals surface area contributed by atoms with Crippen LogP contribution in [0.15, 0.2) is 42.5 Å². The third-order valence-electron chi connectivity index (χ3n) is 3.94. The lowest BCUT2D eigenvalue weighted by Crippen LogP contribution is -2.36. The third kappa shape index (κ3) is 3.84. The molecule has 1 aliphatic heterocycles. The van der Waals surface area contributed by atoms with Gasteiger partial charge >= 0.3 is 0 Å². The largest absolute Gasteiger partial charge is 0.378 e. The number of hydrogen-bond acceptors (Lipinski definition) is 3. The number of carbonyl (C=O) groups excluding carboxylic acids is 1. The van der Waals surface area contributed by atoms with Crippen molar-refractivity contribution in [1.29, 1.82) is 0 Å². The number of benzene rings is 2. The maximum Gasteiger partial charge on any atom is 0.255 e. The first-order valence-corrected chi connectivity index (χ1v) is 8.01. The van der Waals surface area contributed by atoms with Crippen LogP contribution in [0.3, 0.4) is 0 Å². The van der Waals surface area contributed by atoms with Gasteiger partial charge in [-0.15, -0.1) is 0 Å². The molecule has 2 aromatic carbocycles. The van der Waals surface area contributed by atoms with Gasteiger partial charge in [0, 0.05) is 35.1 Å². The molecule has 4 nitrogen and oxygen atoms in total. The summed E-state index contributed by atoms with van der Waals surface area (Å²) in [5, 5.41) is 3.51. The van der Waals surface area contributed by atoms with Crippen molar-refractivity contribution in [3.63, 3.8) is 0 Å². The molecule has 0 bridgehead atoms. The monoisotopic (exact) mass is 330 g/mol. The molecule has 1 heterocycles. The molecule has 0 aliphatic carbocycles. The predicted octanol–water partition coefficient (Wildman–Crippen LogP) is 3.74. The first-order chi connectivity index (χ1) is 11.1. The SMILES string of the molecule is Cc1ccc(NC(=O)c2ccc(N3CCOCC3)cc2)cc1Cl. The Bertz CT molecular complexity index is 695. The highest BCUT2D eigenvalue weighted by Gasteiger charge is 2.12. The Kier molecular flexibility index (Phi) is 4.84. The first-order valence-electron chi connectivity index (χ1n) is 7.64. The van der Waals surface area contributed by atoms with Crippen molar-refractivity contribution in [3.05, 3.63) is 58.6 Å². The average Bonchev–Trinajstić information content (AvgIpc) is 2.59. The molecule has 1 saturated heterocycles. The van der Waals surface area contributed by atoms with Crippen molar-refractivity contribution < 1.29 is 9.53 Å². The van der Waals surface area contributed by atoms with Crippen LogP contribution in [0.2, 0.25) is 5.02 Å². The molecular formula is C18H19ClN2O2. The Morgan fingerprint density at radius 3 is 2.48 bits per heavy atom. The molecule has 120 valence electrons. The fourth-order valence-corrected chi connectivity index (χ4v) is 2.70. The standard InChI is InChI=1S/C18H19ClN2O2/c1-13-2-5-15(12-17(13)19)20-18(22)14-3-6-16(7-4-14)21-8-10-23-11-9-21/h2-7,12H,8-11H2,1H3,(H,20,22). The number of anilines is 2. The van der Waals surface area contributed by atoms with Gasteiger partial charge in [-0.2, -0.15) is 0 Å². The summed E-state index contributed by atoms with van der Waals surface area (Å²) in [5.41, 5.74) is 3.42. The maximum absolute atomic E-state index is 12.3. The van der Waals surface area contributed by atoms with Crippen LogP contribution in [0, 0.1) is 6.92 Å². The Balaban J connectivity index is 1.68. The number of aryl methyl sites for hydroxylation is 1. The van der Waals surface area contributed by atoms with E-state index in [2.05, 4.69) is 10.2 Å². The lowest BCUT2D eigenvalue weighted by molar-refractivity contribution is 0.102. The first kappa shape index (κ1) is 15.8. The predicted molar refractivity (Wildman–Crippen MR) is 93.6 cm³/mol. The van der Waals surface area contributed by atoms with Gasteiger partial charge in [0.1, 0.15) is 0 Å². The lowest BCUT2D eigenvalue weighted by atomic mass is 10.1.